The van der Waals surface area contributed by atoms with Crippen molar-refractivity contribution in [2.45, 2.75) is 31.6 Å². The van der Waals surface area contributed by atoms with Crippen molar-refractivity contribution in [3.63, 3.8) is 0 Å². The minimum Gasteiger partial charge on any atom is -0.357 e. The Labute approximate surface area is 171 Å². The van der Waals surface area contributed by atoms with E-state index in [0.29, 0.717) is 36.8 Å². The van der Waals surface area contributed by atoms with Crippen LogP contribution < -0.4 is 10.2 Å². The Morgan fingerprint density at radius 2 is 1.97 bits per heavy atom. The van der Waals surface area contributed by atoms with E-state index in [1.165, 1.54) is 18.2 Å². The van der Waals surface area contributed by atoms with Gasteiger partial charge >= 0.3 is 6.18 Å². The fourth-order valence-electron chi connectivity index (χ4n) is 4.96. The highest BCUT2D eigenvalue weighted by Gasteiger charge is 2.43. The van der Waals surface area contributed by atoms with Gasteiger partial charge in [-0.05, 0) is 61.1 Å². The molecule has 3 atom stereocenters. The Bertz CT molecular complexity index is 1060. The predicted octanol–water partition coefficient (Wildman–Crippen LogP) is 4.73. The topological polar surface area (TPSA) is 44.0 Å². The Kier molecular flexibility index (Phi) is 4.69. The maximum atomic E-state index is 13.4. The molecule has 5 rings (SSSR count). The molecule has 1 aliphatic heterocycles. The van der Waals surface area contributed by atoms with Crippen LogP contribution in [-0.2, 0) is 12.7 Å². The third-order valence-electron chi connectivity index (χ3n) is 6.40. The van der Waals surface area contributed by atoms with Crippen molar-refractivity contribution in [3.8, 4) is 0 Å². The summed E-state index contributed by atoms with van der Waals surface area (Å²) in [6.45, 7) is 2.09. The molecule has 0 bridgehead atoms. The molecule has 3 aromatic rings. The zero-order chi connectivity index (χ0) is 20.9. The second kappa shape index (κ2) is 7.27. The van der Waals surface area contributed by atoms with Crippen LogP contribution in [0.15, 0.2) is 42.5 Å². The number of hydrogen-bond acceptors (Lipinski definition) is 3. The van der Waals surface area contributed by atoms with Crippen LogP contribution in [0.5, 0.6) is 0 Å². The second-order valence-electron chi connectivity index (χ2n) is 8.30. The van der Waals surface area contributed by atoms with Gasteiger partial charge in [-0.3, -0.25) is 0 Å². The molecule has 0 spiro atoms. The van der Waals surface area contributed by atoms with Gasteiger partial charge in [0.1, 0.15) is 17.3 Å². The van der Waals surface area contributed by atoms with Crippen molar-refractivity contribution in [2.75, 3.05) is 18.0 Å². The molecule has 8 heteroatoms. The van der Waals surface area contributed by atoms with Crippen LogP contribution >= 0.6 is 0 Å². The van der Waals surface area contributed by atoms with Crippen LogP contribution in [0.3, 0.4) is 0 Å². The van der Waals surface area contributed by atoms with Crippen molar-refractivity contribution < 1.29 is 17.6 Å². The first kappa shape index (κ1) is 19.4. The molecule has 1 aliphatic carbocycles. The summed E-state index contributed by atoms with van der Waals surface area (Å²) in [5.41, 5.74) is 1.05. The highest BCUT2D eigenvalue weighted by Crippen LogP contribution is 2.40. The van der Waals surface area contributed by atoms with Gasteiger partial charge in [0.25, 0.3) is 0 Å². The van der Waals surface area contributed by atoms with Gasteiger partial charge in [-0.15, -0.1) is 0 Å². The number of H-pyrrole nitrogens is 1. The molecule has 0 amide bonds. The monoisotopic (exact) mass is 418 g/mol. The molecular weight excluding hydrogens is 396 g/mol. The summed E-state index contributed by atoms with van der Waals surface area (Å²) < 4.78 is 52.4. The first-order chi connectivity index (χ1) is 14.4. The van der Waals surface area contributed by atoms with Gasteiger partial charge in [0.05, 0.1) is 0 Å². The molecule has 158 valence electrons. The fourth-order valence-corrected chi connectivity index (χ4v) is 4.96. The molecule has 30 heavy (non-hydrogen) atoms. The Hall–Kier alpha value is -2.61. The van der Waals surface area contributed by atoms with Gasteiger partial charge < -0.3 is 15.2 Å². The number of rotatable bonds is 4. The number of halogens is 4. The van der Waals surface area contributed by atoms with Crippen LogP contribution in [0.4, 0.5) is 23.4 Å². The first-order valence-electron chi connectivity index (χ1n) is 10.2. The highest BCUT2D eigenvalue weighted by molar-refractivity contribution is 5.80. The van der Waals surface area contributed by atoms with Gasteiger partial charge in [0.15, 0.2) is 0 Å². The summed E-state index contributed by atoms with van der Waals surface area (Å²) in [7, 11) is 0. The summed E-state index contributed by atoms with van der Waals surface area (Å²) in [5, 5.41) is 4.45. The van der Waals surface area contributed by atoms with Crippen LogP contribution in [-0.4, -0.2) is 29.1 Å². The molecule has 3 heterocycles. The lowest BCUT2D eigenvalue weighted by atomic mass is 9.98. The Balaban J connectivity index is 1.25. The normalized spacial score (nSPS) is 24.0. The third-order valence-corrected chi connectivity index (χ3v) is 6.40. The Morgan fingerprint density at radius 1 is 1.10 bits per heavy atom. The third kappa shape index (κ3) is 3.64. The van der Waals surface area contributed by atoms with E-state index in [4.69, 9.17) is 0 Å². The van der Waals surface area contributed by atoms with E-state index in [0.717, 1.165) is 42.0 Å². The van der Waals surface area contributed by atoms with Crippen molar-refractivity contribution >= 4 is 16.7 Å². The molecule has 0 radical (unpaired) electrons. The average molecular weight is 418 g/mol. The van der Waals surface area contributed by atoms with Crippen LogP contribution in [0.1, 0.15) is 24.2 Å². The lowest BCUT2D eigenvalue weighted by Crippen LogP contribution is -2.35. The lowest BCUT2D eigenvalue weighted by molar-refractivity contribution is -0.141. The number of anilines is 1. The van der Waals surface area contributed by atoms with E-state index < -0.39 is 11.9 Å². The molecule has 2 aromatic heterocycles. The SMILES string of the molecule is Fc1ccc2[nH]c(CN[C@H]3CC[C@@H]4CN(c5cccc(C(F)(F)F)n5)C[C@@H]43)cc2c1. The molecule has 2 aliphatic rings. The molecule has 1 saturated heterocycles. The number of fused-ring (bicyclic) bond motifs is 2. The number of nitrogens with zero attached hydrogens (tertiary/aromatic N) is 2. The van der Waals surface area contributed by atoms with E-state index in [1.54, 1.807) is 12.1 Å². The van der Waals surface area contributed by atoms with Crippen molar-refractivity contribution in [2.24, 2.45) is 11.8 Å². The second-order valence-corrected chi connectivity index (χ2v) is 8.30. The minimum atomic E-state index is -4.43. The van der Waals surface area contributed by atoms with Gasteiger partial charge in [-0.25, -0.2) is 9.37 Å². The average Bonchev–Trinajstić information content (AvgIpc) is 3.39. The van der Waals surface area contributed by atoms with E-state index in [2.05, 4.69) is 15.3 Å². The molecule has 4 nitrogen and oxygen atoms in total. The molecular formula is C22H22F4N4. The number of alkyl halides is 3. The quantitative estimate of drug-likeness (QED) is 0.603. The summed E-state index contributed by atoms with van der Waals surface area (Å²) >= 11 is 0. The smallest absolute Gasteiger partial charge is 0.357 e. The summed E-state index contributed by atoms with van der Waals surface area (Å²) in [6.07, 6.45) is -2.33. The van der Waals surface area contributed by atoms with Gasteiger partial charge in [0, 0.05) is 42.3 Å². The number of hydrogen-bond donors (Lipinski definition) is 2. The van der Waals surface area contributed by atoms with E-state index in [-0.39, 0.29) is 5.82 Å². The van der Waals surface area contributed by atoms with Crippen LogP contribution in [0.2, 0.25) is 0 Å². The van der Waals surface area contributed by atoms with Crippen LogP contribution in [0, 0.1) is 17.7 Å². The molecule has 0 unspecified atom stereocenters. The number of benzene rings is 1. The number of pyridine rings is 1. The predicted molar refractivity (Wildman–Crippen MR) is 107 cm³/mol. The standard InChI is InChI=1S/C22H22F4N4/c23-15-5-7-18-14(8-15)9-16(28-18)10-27-19-6-4-13-11-30(12-17(13)19)21-3-1-2-20(29-21)22(24,25)26/h1-3,5,7-9,13,17,19,27-28H,4,6,10-12H2/t13-,17+,19+/m1/s1. The van der Waals surface area contributed by atoms with Gasteiger partial charge in [0.2, 0.25) is 0 Å². The molecule has 2 N–H and O–H groups in total. The maximum Gasteiger partial charge on any atom is 0.433 e. The van der Waals surface area contributed by atoms with Crippen molar-refractivity contribution in [1.29, 1.82) is 0 Å². The highest BCUT2D eigenvalue weighted by atomic mass is 19.4. The van der Waals surface area contributed by atoms with Gasteiger partial charge in [-0.2, -0.15) is 13.2 Å². The summed E-state index contributed by atoms with van der Waals surface area (Å²) in [5.74, 6) is 0.975. The zero-order valence-corrected chi connectivity index (χ0v) is 16.2. The number of nitrogens with one attached hydrogen (secondary N) is 2. The number of aromatic amines is 1. The first-order valence-corrected chi connectivity index (χ1v) is 10.2. The van der Waals surface area contributed by atoms with Crippen molar-refractivity contribution in [3.05, 3.63) is 59.7 Å². The minimum absolute atomic E-state index is 0.256. The van der Waals surface area contributed by atoms with E-state index in [9.17, 15) is 17.6 Å². The van der Waals surface area contributed by atoms with Crippen LogP contribution in [0.25, 0.3) is 10.9 Å². The summed E-state index contributed by atoms with van der Waals surface area (Å²) in [6, 6.07) is 11.0. The van der Waals surface area contributed by atoms with Crippen molar-refractivity contribution in [1.82, 2.24) is 15.3 Å². The zero-order valence-electron chi connectivity index (χ0n) is 16.2. The Morgan fingerprint density at radius 3 is 2.80 bits per heavy atom. The molecule has 1 aromatic carbocycles. The van der Waals surface area contributed by atoms with E-state index >= 15 is 0 Å². The summed E-state index contributed by atoms with van der Waals surface area (Å²) in [4.78, 5) is 9.13. The number of aromatic nitrogens is 2. The van der Waals surface area contributed by atoms with E-state index in [1.807, 2.05) is 11.0 Å². The largest absolute Gasteiger partial charge is 0.433 e. The lowest BCUT2D eigenvalue weighted by Gasteiger charge is -2.23. The van der Waals surface area contributed by atoms with Gasteiger partial charge in [-0.1, -0.05) is 6.07 Å². The fraction of sp³-hybridized carbons (Fsp3) is 0.409. The molecule has 1 saturated carbocycles. The molecule has 2 fully saturated rings. The maximum absolute atomic E-state index is 13.4.